The number of imidazole rings is 1. The third-order valence-electron chi connectivity index (χ3n) is 5.84. The zero-order valence-electron chi connectivity index (χ0n) is 17.9. The van der Waals surface area contributed by atoms with Crippen LogP contribution < -0.4 is 11.2 Å². The summed E-state index contributed by atoms with van der Waals surface area (Å²) in [5.41, 5.74) is 0.0755. The van der Waals surface area contributed by atoms with Crippen molar-refractivity contribution in [3.63, 3.8) is 0 Å². The average Bonchev–Trinajstić information content (AvgIpc) is 3.20. The fourth-order valence-corrected chi connectivity index (χ4v) is 4.03. The molecule has 1 aliphatic rings. The SMILES string of the molecule is Cn1c(=O)c2c(ncn2CC(O)CN2CCN(C(=O)c3ccc(F)cc3)CC2)n(C)c1=O. The summed E-state index contributed by atoms with van der Waals surface area (Å²) in [7, 11) is 2.95. The first-order chi connectivity index (χ1) is 15.3. The Morgan fingerprint density at radius 1 is 1.06 bits per heavy atom. The quantitative estimate of drug-likeness (QED) is 0.563. The number of hydrogen-bond acceptors (Lipinski definition) is 6. The zero-order chi connectivity index (χ0) is 23.0. The molecule has 1 amide bonds. The standard InChI is InChI=1S/C21H25FN6O4/c1-24-18-17(20(31)25(2)21(24)32)28(13-23-18)12-16(29)11-26-7-9-27(10-8-26)19(30)14-3-5-15(22)6-4-14/h3-6,13,16,29H,7-12H2,1-2H3. The maximum atomic E-state index is 13.1. The molecule has 3 heterocycles. The van der Waals surface area contributed by atoms with Gasteiger partial charge in [0.2, 0.25) is 0 Å². The summed E-state index contributed by atoms with van der Waals surface area (Å²) in [6.07, 6.45) is 0.683. The molecule has 1 fully saturated rings. The van der Waals surface area contributed by atoms with Crippen molar-refractivity contribution in [1.82, 2.24) is 28.5 Å². The monoisotopic (exact) mass is 444 g/mol. The Hall–Kier alpha value is -3.31. The van der Waals surface area contributed by atoms with E-state index in [1.165, 1.54) is 42.2 Å². The molecule has 4 rings (SSSR count). The van der Waals surface area contributed by atoms with Crippen molar-refractivity contribution >= 4 is 17.1 Å². The molecule has 1 N–H and O–H groups in total. The lowest BCUT2D eigenvalue weighted by Crippen LogP contribution is -2.50. The van der Waals surface area contributed by atoms with Gasteiger partial charge >= 0.3 is 5.69 Å². The first-order valence-electron chi connectivity index (χ1n) is 10.3. The highest BCUT2D eigenvalue weighted by Crippen LogP contribution is 2.12. The van der Waals surface area contributed by atoms with Gasteiger partial charge in [-0.1, -0.05) is 0 Å². The Morgan fingerprint density at radius 2 is 1.72 bits per heavy atom. The largest absolute Gasteiger partial charge is 0.390 e. The van der Waals surface area contributed by atoms with Gasteiger partial charge in [0.15, 0.2) is 11.2 Å². The second-order valence-corrected chi connectivity index (χ2v) is 8.03. The number of carbonyl (C=O) groups is 1. The predicted molar refractivity (Wildman–Crippen MR) is 115 cm³/mol. The molecule has 170 valence electrons. The number of rotatable bonds is 5. The summed E-state index contributed by atoms with van der Waals surface area (Å²) in [6, 6.07) is 5.49. The summed E-state index contributed by atoms with van der Waals surface area (Å²) >= 11 is 0. The topological polar surface area (TPSA) is 106 Å². The lowest BCUT2D eigenvalue weighted by Gasteiger charge is -2.35. The molecular formula is C21H25FN6O4. The number of halogens is 1. The zero-order valence-corrected chi connectivity index (χ0v) is 17.9. The number of nitrogens with zero attached hydrogens (tertiary/aromatic N) is 6. The third-order valence-corrected chi connectivity index (χ3v) is 5.84. The van der Waals surface area contributed by atoms with Crippen LogP contribution in [0, 0.1) is 5.82 Å². The molecule has 0 saturated carbocycles. The number of hydrogen-bond donors (Lipinski definition) is 1. The number of aliphatic hydroxyl groups excluding tert-OH is 1. The van der Waals surface area contributed by atoms with Crippen molar-refractivity contribution < 1.29 is 14.3 Å². The van der Waals surface area contributed by atoms with Crippen LogP contribution in [0.5, 0.6) is 0 Å². The Balaban J connectivity index is 1.37. The molecule has 11 heteroatoms. The minimum absolute atomic E-state index is 0.142. The molecule has 1 unspecified atom stereocenters. The Morgan fingerprint density at radius 3 is 2.38 bits per heavy atom. The van der Waals surface area contributed by atoms with E-state index in [4.69, 9.17) is 0 Å². The highest BCUT2D eigenvalue weighted by atomic mass is 19.1. The third kappa shape index (κ3) is 4.08. The van der Waals surface area contributed by atoms with Crippen LogP contribution in [0.3, 0.4) is 0 Å². The van der Waals surface area contributed by atoms with Crippen molar-refractivity contribution in [3.8, 4) is 0 Å². The van der Waals surface area contributed by atoms with Crippen LogP contribution >= 0.6 is 0 Å². The van der Waals surface area contributed by atoms with Crippen LogP contribution in [0.4, 0.5) is 4.39 Å². The number of amides is 1. The molecule has 3 aromatic rings. The van der Waals surface area contributed by atoms with Gasteiger partial charge in [0.1, 0.15) is 5.82 Å². The molecule has 0 radical (unpaired) electrons. The highest BCUT2D eigenvalue weighted by molar-refractivity contribution is 5.94. The Bertz CT molecular complexity index is 1250. The van der Waals surface area contributed by atoms with E-state index in [2.05, 4.69) is 4.98 Å². The molecule has 1 aliphatic heterocycles. The van der Waals surface area contributed by atoms with Crippen LogP contribution in [0.1, 0.15) is 10.4 Å². The summed E-state index contributed by atoms with van der Waals surface area (Å²) < 4.78 is 17.0. The van der Waals surface area contributed by atoms with Crippen LogP contribution in [0.2, 0.25) is 0 Å². The summed E-state index contributed by atoms with van der Waals surface area (Å²) in [6.45, 7) is 2.69. The molecule has 0 aliphatic carbocycles. The normalized spacial score (nSPS) is 15.9. The van der Waals surface area contributed by atoms with Gasteiger partial charge in [-0.15, -0.1) is 0 Å². The number of benzene rings is 1. The van der Waals surface area contributed by atoms with E-state index in [0.717, 1.165) is 4.57 Å². The summed E-state index contributed by atoms with van der Waals surface area (Å²) in [5.74, 6) is -0.525. The van der Waals surface area contributed by atoms with E-state index in [0.29, 0.717) is 38.3 Å². The minimum Gasteiger partial charge on any atom is -0.390 e. The lowest BCUT2D eigenvalue weighted by molar-refractivity contribution is 0.0501. The second-order valence-electron chi connectivity index (χ2n) is 8.03. The Kier molecular flexibility index (Phi) is 5.94. The van der Waals surface area contributed by atoms with Crippen LogP contribution in [-0.2, 0) is 20.6 Å². The van der Waals surface area contributed by atoms with E-state index in [9.17, 15) is 23.9 Å². The van der Waals surface area contributed by atoms with Crippen LogP contribution in [0.25, 0.3) is 11.2 Å². The van der Waals surface area contributed by atoms with Gasteiger partial charge in [-0.25, -0.2) is 14.2 Å². The van der Waals surface area contributed by atoms with Gasteiger partial charge < -0.3 is 14.6 Å². The molecule has 1 saturated heterocycles. The van der Waals surface area contributed by atoms with Crippen molar-refractivity contribution in [1.29, 1.82) is 0 Å². The maximum Gasteiger partial charge on any atom is 0.332 e. The van der Waals surface area contributed by atoms with E-state index in [1.807, 2.05) is 4.90 Å². The lowest BCUT2D eigenvalue weighted by atomic mass is 10.1. The van der Waals surface area contributed by atoms with Crippen molar-refractivity contribution in [2.75, 3.05) is 32.7 Å². The second kappa shape index (κ2) is 8.67. The van der Waals surface area contributed by atoms with Gasteiger partial charge in [0, 0.05) is 52.4 Å². The number of carbonyl (C=O) groups excluding carboxylic acids is 1. The number of aliphatic hydroxyl groups is 1. The first-order valence-corrected chi connectivity index (χ1v) is 10.3. The molecule has 0 bridgehead atoms. The number of piperazine rings is 1. The molecule has 2 aromatic heterocycles. The van der Waals surface area contributed by atoms with Crippen molar-refractivity contribution in [3.05, 3.63) is 62.8 Å². The highest BCUT2D eigenvalue weighted by Gasteiger charge is 2.24. The molecular weight excluding hydrogens is 419 g/mol. The van der Waals surface area contributed by atoms with Gasteiger partial charge in [-0.3, -0.25) is 23.6 Å². The summed E-state index contributed by atoms with van der Waals surface area (Å²) in [5, 5.41) is 10.6. The molecule has 10 nitrogen and oxygen atoms in total. The van der Waals surface area contributed by atoms with Gasteiger partial charge in [0.05, 0.1) is 19.0 Å². The fourth-order valence-electron chi connectivity index (χ4n) is 4.03. The Labute approximate surface area is 182 Å². The number of β-amino-alcohol motifs (C(OH)–C–C–N with tert-alkyl or cyclic N) is 1. The average molecular weight is 444 g/mol. The van der Waals surface area contributed by atoms with Crippen molar-refractivity contribution in [2.24, 2.45) is 14.1 Å². The van der Waals surface area contributed by atoms with Crippen LogP contribution in [-0.4, -0.2) is 78.3 Å². The van der Waals surface area contributed by atoms with Gasteiger partial charge in [-0.05, 0) is 24.3 Å². The van der Waals surface area contributed by atoms with E-state index < -0.39 is 17.4 Å². The van der Waals surface area contributed by atoms with E-state index >= 15 is 0 Å². The number of aromatic nitrogens is 4. The van der Waals surface area contributed by atoms with Gasteiger partial charge in [0.25, 0.3) is 11.5 Å². The van der Waals surface area contributed by atoms with E-state index in [-0.39, 0.29) is 29.4 Å². The minimum atomic E-state index is -0.770. The molecule has 1 atom stereocenters. The van der Waals surface area contributed by atoms with E-state index in [1.54, 1.807) is 16.5 Å². The van der Waals surface area contributed by atoms with Crippen molar-refractivity contribution in [2.45, 2.75) is 12.6 Å². The summed E-state index contributed by atoms with van der Waals surface area (Å²) in [4.78, 5) is 45.1. The molecule has 1 aromatic carbocycles. The number of aryl methyl sites for hydroxylation is 1. The smallest absolute Gasteiger partial charge is 0.332 e. The molecule has 0 spiro atoms. The first kappa shape index (κ1) is 21.9. The molecule has 32 heavy (non-hydrogen) atoms. The van der Waals surface area contributed by atoms with Crippen LogP contribution in [0.15, 0.2) is 40.2 Å². The maximum absolute atomic E-state index is 13.1. The number of fused-ring (bicyclic) bond motifs is 1. The van der Waals surface area contributed by atoms with Gasteiger partial charge in [-0.2, -0.15) is 0 Å². The fraction of sp³-hybridized carbons (Fsp3) is 0.429. The predicted octanol–water partition coefficient (Wildman–Crippen LogP) is -0.608.